The Morgan fingerprint density at radius 3 is 3.12 bits per heavy atom. The highest BCUT2D eigenvalue weighted by Gasteiger charge is 2.08. The Bertz CT molecular complexity index is 439. The van der Waals surface area contributed by atoms with Crippen molar-refractivity contribution in [1.82, 2.24) is 10.3 Å². The van der Waals surface area contributed by atoms with Crippen LogP contribution in [0.15, 0.2) is 33.4 Å². The predicted molar refractivity (Wildman–Crippen MR) is 72.6 cm³/mol. The number of aryl methyl sites for hydroxylation is 1. The zero-order valence-electron chi connectivity index (χ0n) is 9.97. The van der Waals surface area contributed by atoms with Gasteiger partial charge in [-0.05, 0) is 18.4 Å². The minimum absolute atomic E-state index is 0.452. The van der Waals surface area contributed by atoms with Gasteiger partial charge in [-0.3, -0.25) is 0 Å². The van der Waals surface area contributed by atoms with Crippen molar-refractivity contribution >= 4 is 23.1 Å². The fourth-order valence-corrected chi connectivity index (χ4v) is 2.93. The molecule has 1 atom stereocenters. The SMILES string of the molecule is Cc1coc(SC(C)CNCc2cccs2)n1. The maximum Gasteiger partial charge on any atom is 0.256 e. The monoisotopic (exact) mass is 268 g/mol. The van der Waals surface area contributed by atoms with Crippen LogP contribution in [0.2, 0.25) is 0 Å². The average Bonchev–Trinajstić information content (AvgIpc) is 2.90. The lowest BCUT2D eigenvalue weighted by molar-refractivity contribution is 0.452. The molecule has 0 saturated heterocycles. The summed E-state index contributed by atoms with van der Waals surface area (Å²) in [5.41, 5.74) is 0.936. The fourth-order valence-electron chi connectivity index (χ4n) is 1.41. The van der Waals surface area contributed by atoms with Gasteiger partial charge < -0.3 is 9.73 Å². The van der Waals surface area contributed by atoms with Gasteiger partial charge in [0.15, 0.2) is 0 Å². The zero-order chi connectivity index (χ0) is 12.1. The normalized spacial score (nSPS) is 12.8. The highest BCUT2D eigenvalue weighted by atomic mass is 32.2. The second kappa shape index (κ2) is 6.23. The van der Waals surface area contributed by atoms with Crippen LogP contribution in [-0.2, 0) is 6.54 Å². The van der Waals surface area contributed by atoms with Crippen LogP contribution in [0.1, 0.15) is 17.5 Å². The third-order valence-corrected chi connectivity index (χ3v) is 4.05. The first-order valence-corrected chi connectivity index (χ1v) is 7.32. The zero-order valence-corrected chi connectivity index (χ0v) is 11.6. The lowest BCUT2D eigenvalue weighted by Crippen LogP contribution is -2.21. The summed E-state index contributed by atoms with van der Waals surface area (Å²) < 4.78 is 5.31. The van der Waals surface area contributed by atoms with Crippen molar-refractivity contribution in [3.8, 4) is 0 Å². The molecule has 0 amide bonds. The molecule has 0 aromatic carbocycles. The second-order valence-corrected chi connectivity index (χ2v) is 6.32. The molecule has 0 aliphatic carbocycles. The van der Waals surface area contributed by atoms with Crippen LogP contribution in [0.4, 0.5) is 0 Å². The van der Waals surface area contributed by atoms with E-state index >= 15 is 0 Å². The number of nitrogens with zero attached hydrogens (tertiary/aromatic N) is 1. The topological polar surface area (TPSA) is 38.1 Å². The van der Waals surface area contributed by atoms with E-state index < -0.39 is 0 Å². The van der Waals surface area contributed by atoms with Gasteiger partial charge >= 0.3 is 0 Å². The summed E-state index contributed by atoms with van der Waals surface area (Å²) in [6.07, 6.45) is 1.69. The van der Waals surface area contributed by atoms with Gasteiger partial charge in [0.2, 0.25) is 0 Å². The Kier molecular flexibility index (Phi) is 4.65. The predicted octanol–water partition coefficient (Wildman–Crippen LogP) is 3.31. The molecule has 1 N–H and O–H groups in total. The minimum Gasteiger partial charge on any atom is -0.440 e. The van der Waals surface area contributed by atoms with Gasteiger partial charge in [-0.1, -0.05) is 24.8 Å². The Morgan fingerprint density at radius 1 is 1.59 bits per heavy atom. The van der Waals surface area contributed by atoms with E-state index in [9.17, 15) is 0 Å². The van der Waals surface area contributed by atoms with E-state index in [4.69, 9.17) is 4.42 Å². The summed E-state index contributed by atoms with van der Waals surface area (Å²) in [4.78, 5) is 5.65. The smallest absolute Gasteiger partial charge is 0.256 e. The van der Waals surface area contributed by atoms with Gasteiger partial charge in [-0.25, -0.2) is 4.98 Å². The first kappa shape index (κ1) is 12.7. The van der Waals surface area contributed by atoms with Gasteiger partial charge in [0.25, 0.3) is 5.22 Å². The molecule has 0 saturated carbocycles. The van der Waals surface area contributed by atoms with E-state index in [1.54, 1.807) is 29.4 Å². The molecular formula is C12H16N2OS2. The largest absolute Gasteiger partial charge is 0.440 e. The van der Waals surface area contributed by atoms with Crippen LogP contribution < -0.4 is 5.32 Å². The highest BCUT2D eigenvalue weighted by Crippen LogP contribution is 2.21. The number of aromatic nitrogens is 1. The maximum atomic E-state index is 5.31. The average molecular weight is 268 g/mol. The van der Waals surface area contributed by atoms with Gasteiger partial charge in [0.1, 0.15) is 6.26 Å². The third-order valence-electron chi connectivity index (χ3n) is 2.21. The van der Waals surface area contributed by atoms with Crippen LogP contribution >= 0.6 is 23.1 Å². The molecular weight excluding hydrogens is 252 g/mol. The third kappa shape index (κ3) is 4.18. The van der Waals surface area contributed by atoms with Crippen molar-refractivity contribution in [2.45, 2.75) is 30.9 Å². The van der Waals surface area contributed by atoms with Crippen LogP contribution in [0.25, 0.3) is 0 Å². The van der Waals surface area contributed by atoms with E-state index in [0.717, 1.165) is 24.0 Å². The molecule has 17 heavy (non-hydrogen) atoms. The lowest BCUT2D eigenvalue weighted by Gasteiger charge is -2.09. The van der Waals surface area contributed by atoms with Crippen molar-refractivity contribution in [2.24, 2.45) is 0 Å². The van der Waals surface area contributed by atoms with Crippen molar-refractivity contribution in [3.05, 3.63) is 34.3 Å². The molecule has 92 valence electrons. The van der Waals surface area contributed by atoms with Crippen LogP contribution in [0.3, 0.4) is 0 Å². The molecule has 0 radical (unpaired) electrons. The van der Waals surface area contributed by atoms with Crippen LogP contribution in [0.5, 0.6) is 0 Å². The van der Waals surface area contributed by atoms with Crippen LogP contribution in [0, 0.1) is 6.92 Å². The first-order valence-electron chi connectivity index (χ1n) is 5.56. The van der Waals surface area contributed by atoms with E-state index in [1.807, 2.05) is 6.92 Å². The van der Waals surface area contributed by atoms with Crippen molar-refractivity contribution in [2.75, 3.05) is 6.54 Å². The van der Waals surface area contributed by atoms with Crippen LogP contribution in [-0.4, -0.2) is 16.8 Å². The molecule has 0 aliphatic heterocycles. The number of thiophene rings is 1. The van der Waals surface area contributed by atoms with E-state index in [1.165, 1.54) is 4.88 Å². The minimum atomic E-state index is 0.452. The maximum absolute atomic E-state index is 5.31. The summed E-state index contributed by atoms with van der Waals surface area (Å²) >= 11 is 3.45. The van der Waals surface area contributed by atoms with E-state index in [2.05, 4.69) is 34.7 Å². The second-order valence-electron chi connectivity index (χ2n) is 3.89. The Balaban J connectivity index is 1.69. The van der Waals surface area contributed by atoms with Crippen molar-refractivity contribution in [1.29, 1.82) is 0 Å². The fraction of sp³-hybridized carbons (Fsp3) is 0.417. The molecule has 0 fully saturated rings. The van der Waals surface area contributed by atoms with Gasteiger partial charge in [-0.2, -0.15) is 0 Å². The number of hydrogen-bond acceptors (Lipinski definition) is 5. The molecule has 5 heteroatoms. The molecule has 0 spiro atoms. The molecule has 3 nitrogen and oxygen atoms in total. The van der Waals surface area contributed by atoms with Gasteiger partial charge in [0, 0.05) is 23.2 Å². The number of oxazole rings is 1. The molecule has 1 unspecified atom stereocenters. The number of rotatable bonds is 6. The highest BCUT2D eigenvalue weighted by molar-refractivity contribution is 7.99. The molecule has 0 aliphatic rings. The summed E-state index contributed by atoms with van der Waals surface area (Å²) in [6.45, 7) is 6.00. The van der Waals surface area contributed by atoms with E-state index in [-0.39, 0.29) is 0 Å². The Morgan fingerprint density at radius 2 is 2.47 bits per heavy atom. The molecule has 2 rings (SSSR count). The summed E-state index contributed by atoms with van der Waals surface area (Å²) in [6, 6.07) is 4.22. The molecule has 2 heterocycles. The number of hydrogen-bond donors (Lipinski definition) is 1. The van der Waals surface area contributed by atoms with E-state index in [0.29, 0.717) is 5.25 Å². The summed E-state index contributed by atoms with van der Waals surface area (Å²) in [7, 11) is 0. The van der Waals surface area contributed by atoms with Crippen molar-refractivity contribution in [3.63, 3.8) is 0 Å². The summed E-state index contributed by atoms with van der Waals surface area (Å²) in [5, 5.41) is 6.75. The molecule has 2 aromatic rings. The molecule has 2 aromatic heterocycles. The van der Waals surface area contributed by atoms with Crippen molar-refractivity contribution < 1.29 is 4.42 Å². The summed E-state index contributed by atoms with van der Waals surface area (Å²) in [5.74, 6) is 0. The first-order chi connectivity index (χ1) is 8.24. The Hall–Kier alpha value is -0.780. The van der Waals surface area contributed by atoms with Gasteiger partial charge in [0.05, 0.1) is 5.69 Å². The number of thioether (sulfide) groups is 1. The molecule has 0 bridgehead atoms. The van der Waals surface area contributed by atoms with Gasteiger partial charge in [-0.15, -0.1) is 11.3 Å². The standard InChI is InChI=1S/C12H16N2OS2/c1-9-8-15-12(14-9)17-10(2)6-13-7-11-4-3-5-16-11/h3-5,8,10,13H,6-7H2,1-2H3. The number of nitrogens with one attached hydrogen (secondary N) is 1. The lowest BCUT2D eigenvalue weighted by atomic mass is 10.4. The Labute approximate surface area is 110 Å². The quantitative estimate of drug-likeness (QED) is 0.816.